The van der Waals surface area contributed by atoms with Gasteiger partial charge in [0.2, 0.25) is 0 Å². The molecule has 3 heteroatoms. The van der Waals surface area contributed by atoms with Crippen LogP contribution >= 0.6 is 0 Å². The fourth-order valence-corrected chi connectivity index (χ4v) is 3.99. The molecule has 15 heavy (non-hydrogen) atoms. The molecule has 86 valence electrons. The molecule has 4 atom stereocenters. The number of aliphatic carboxylic acids is 1. The summed E-state index contributed by atoms with van der Waals surface area (Å²) in [5.41, 5.74) is -0.00961. The van der Waals surface area contributed by atoms with Crippen LogP contribution in [0.1, 0.15) is 40.0 Å². The van der Waals surface area contributed by atoms with Crippen molar-refractivity contribution in [2.45, 2.75) is 46.1 Å². The number of rotatable bonds is 2. The molecule has 0 amide bonds. The molecule has 2 fully saturated rings. The Morgan fingerprint density at radius 3 is 2.40 bits per heavy atom. The molecule has 0 radical (unpaired) electrons. The van der Waals surface area contributed by atoms with Crippen molar-refractivity contribution in [1.82, 2.24) is 0 Å². The van der Waals surface area contributed by atoms with Gasteiger partial charge in [0, 0.05) is 0 Å². The third kappa shape index (κ3) is 1.19. The van der Waals surface area contributed by atoms with Crippen LogP contribution in [0.5, 0.6) is 0 Å². The predicted molar refractivity (Wildman–Crippen MR) is 56.4 cm³/mol. The van der Waals surface area contributed by atoms with Crippen molar-refractivity contribution in [3.63, 3.8) is 0 Å². The van der Waals surface area contributed by atoms with E-state index >= 15 is 0 Å². The summed E-state index contributed by atoms with van der Waals surface area (Å²) in [7, 11) is 0. The van der Waals surface area contributed by atoms with E-state index in [9.17, 15) is 9.90 Å². The number of aliphatic hydroxyl groups is 1. The molecule has 0 aromatic rings. The Hall–Kier alpha value is -0.570. The van der Waals surface area contributed by atoms with E-state index in [1.165, 1.54) is 0 Å². The number of hydrogen-bond donors (Lipinski definition) is 2. The molecule has 2 aliphatic carbocycles. The summed E-state index contributed by atoms with van der Waals surface area (Å²) in [4.78, 5) is 10.8. The van der Waals surface area contributed by atoms with Crippen LogP contribution in [0.4, 0.5) is 0 Å². The average molecular weight is 212 g/mol. The Bertz CT molecular complexity index is 297. The quantitative estimate of drug-likeness (QED) is 0.735. The largest absolute Gasteiger partial charge is 0.481 e. The van der Waals surface area contributed by atoms with Crippen molar-refractivity contribution >= 4 is 5.97 Å². The van der Waals surface area contributed by atoms with Crippen molar-refractivity contribution in [2.24, 2.45) is 22.7 Å². The van der Waals surface area contributed by atoms with Crippen molar-refractivity contribution < 1.29 is 15.0 Å². The highest BCUT2D eigenvalue weighted by Crippen LogP contribution is 2.68. The first kappa shape index (κ1) is 10.9. The smallest absolute Gasteiger partial charge is 0.303 e. The van der Waals surface area contributed by atoms with Gasteiger partial charge in [-0.15, -0.1) is 0 Å². The van der Waals surface area contributed by atoms with Crippen LogP contribution in [-0.2, 0) is 4.79 Å². The molecule has 0 aromatic carbocycles. The first-order valence-electron chi connectivity index (χ1n) is 5.70. The Labute approximate surface area is 90.5 Å². The van der Waals surface area contributed by atoms with Gasteiger partial charge in [0.25, 0.3) is 0 Å². The molecule has 2 bridgehead atoms. The van der Waals surface area contributed by atoms with Crippen LogP contribution in [0.3, 0.4) is 0 Å². The van der Waals surface area contributed by atoms with Gasteiger partial charge in [-0.1, -0.05) is 20.8 Å². The highest BCUT2D eigenvalue weighted by atomic mass is 16.4. The molecule has 0 spiro atoms. The Kier molecular flexibility index (Phi) is 2.16. The fourth-order valence-electron chi connectivity index (χ4n) is 3.99. The van der Waals surface area contributed by atoms with Crippen molar-refractivity contribution in [3.8, 4) is 0 Å². The SMILES string of the molecule is CC12CC[C@H](C(CC(=O)O)C1O)C2(C)C. The lowest BCUT2D eigenvalue weighted by molar-refractivity contribution is -0.140. The molecule has 2 N–H and O–H groups in total. The number of hydrogen-bond acceptors (Lipinski definition) is 2. The summed E-state index contributed by atoms with van der Waals surface area (Å²) >= 11 is 0. The normalized spacial score (nSPS) is 47.1. The van der Waals surface area contributed by atoms with Crippen LogP contribution in [0.2, 0.25) is 0 Å². The van der Waals surface area contributed by atoms with Crippen molar-refractivity contribution in [2.75, 3.05) is 0 Å². The number of fused-ring (bicyclic) bond motifs is 2. The molecule has 2 saturated carbocycles. The maximum atomic E-state index is 10.8. The summed E-state index contributed by atoms with van der Waals surface area (Å²) in [6.45, 7) is 6.46. The number of aliphatic hydroxyl groups excluding tert-OH is 1. The van der Waals surface area contributed by atoms with E-state index in [2.05, 4.69) is 20.8 Å². The van der Waals surface area contributed by atoms with Gasteiger partial charge in [0.1, 0.15) is 0 Å². The third-order valence-electron chi connectivity index (χ3n) is 5.36. The van der Waals surface area contributed by atoms with Crippen molar-refractivity contribution in [3.05, 3.63) is 0 Å². The van der Waals surface area contributed by atoms with Gasteiger partial charge in [-0.3, -0.25) is 4.79 Å². The lowest BCUT2D eigenvalue weighted by Gasteiger charge is -2.37. The monoisotopic (exact) mass is 212 g/mol. The van der Waals surface area contributed by atoms with Crippen LogP contribution in [0.15, 0.2) is 0 Å². The molecule has 3 nitrogen and oxygen atoms in total. The Balaban J connectivity index is 2.29. The van der Waals surface area contributed by atoms with Crippen LogP contribution in [0, 0.1) is 22.7 Å². The lowest BCUT2D eigenvalue weighted by Crippen LogP contribution is -2.38. The third-order valence-corrected chi connectivity index (χ3v) is 5.36. The zero-order chi connectivity index (χ0) is 11.4. The summed E-state index contributed by atoms with van der Waals surface area (Å²) in [6, 6.07) is 0. The maximum Gasteiger partial charge on any atom is 0.303 e. The second-order valence-electron chi connectivity index (χ2n) is 5.99. The summed E-state index contributed by atoms with van der Waals surface area (Å²) in [5.74, 6) is -0.462. The second-order valence-corrected chi connectivity index (χ2v) is 5.99. The number of carboxylic acid groups (broad SMARTS) is 1. The van der Waals surface area contributed by atoms with Gasteiger partial charge in [-0.05, 0) is 35.5 Å². The summed E-state index contributed by atoms with van der Waals surface area (Å²) in [5, 5.41) is 19.1. The molecule has 2 rings (SSSR count). The first-order chi connectivity index (χ1) is 6.80. The number of carboxylic acids is 1. The summed E-state index contributed by atoms with van der Waals surface area (Å²) in [6.07, 6.45) is 1.77. The van der Waals surface area contributed by atoms with Crippen LogP contribution in [-0.4, -0.2) is 22.3 Å². The molecular formula is C12H20O3. The van der Waals surface area contributed by atoms with Gasteiger partial charge in [0.15, 0.2) is 0 Å². The van der Waals surface area contributed by atoms with Gasteiger partial charge in [-0.25, -0.2) is 0 Å². The molecule has 0 aromatic heterocycles. The fraction of sp³-hybridized carbons (Fsp3) is 0.917. The van der Waals surface area contributed by atoms with E-state index < -0.39 is 12.1 Å². The molecule has 3 unspecified atom stereocenters. The van der Waals surface area contributed by atoms with E-state index in [1.807, 2.05) is 0 Å². The molecular weight excluding hydrogens is 192 g/mol. The molecule has 2 aliphatic rings. The lowest BCUT2D eigenvalue weighted by atomic mass is 9.70. The van der Waals surface area contributed by atoms with Crippen LogP contribution < -0.4 is 0 Å². The zero-order valence-corrected chi connectivity index (χ0v) is 9.66. The second kappa shape index (κ2) is 2.97. The standard InChI is InChI=1S/C12H20O3/c1-11(2)8-4-5-12(11,3)10(15)7(8)6-9(13)14/h7-8,10,15H,4-6H2,1-3H3,(H,13,14)/t7?,8-,10?,12?/m1/s1. The first-order valence-corrected chi connectivity index (χ1v) is 5.70. The highest BCUT2D eigenvalue weighted by Gasteiger charge is 2.65. The number of carbonyl (C=O) groups is 1. The Morgan fingerprint density at radius 2 is 2.00 bits per heavy atom. The minimum Gasteiger partial charge on any atom is -0.481 e. The predicted octanol–water partition coefficient (Wildman–Crippen LogP) is 1.89. The average Bonchev–Trinajstić information content (AvgIpc) is 2.40. The van der Waals surface area contributed by atoms with Crippen LogP contribution in [0.25, 0.3) is 0 Å². The zero-order valence-electron chi connectivity index (χ0n) is 9.66. The van der Waals surface area contributed by atoms with E-state index in [1.54, 1.807) is 0 Å². The van der Waals surface area contributed by atoms with E-state index in [0.717, 1.165) is 12.8 Å². The van der Waals surface area contributed by atoms with Crippen molar-refractivity contribution in [1.29, 1.82) is 0 Å². The topological polar surface area (TPSA) is 57.5 Å². The van der Waals surface area contributed by atoms with Gasteiger partial charge >= 0.3 is 5.97 Å². The minimum atomic E-state index is -0.786. The van der Waals surface area contributed by atoms with E-state index in [0.29, 0.717) is 5.92 Å². The van der Waals surface area contributed by atoms with Gasteiger partial charge in [-0.2, -0.15) is 0 Å². The molecule has 0 aliphatic heterocycles. The van der Waals surface area contributed by atoms with Gasteiger partial charge in [0.05, 0.1) is 12.5 Å². The molecule has 0 heterocycles. The highest BCUT2D eigenvalue weighted by molar-refractivity contribution is 5.67. The van der Waals surface area contributed by atoms with E-state index in [4.69, 9.17) is 5.11 Å². The summed E-state index contributed by atoms with van der Waals surface area (Å²) < 4.78 is 0. The van der Waals surface area contributed by atoms with E-state index in [-0.39, 0.29) is 23.2 Å². The Morgan fingerprint density at radius 1 is 1.40 bits per heavy atom. The minimum absolute atomic E-state index is 0.0451. The van der Waals surface area contributed by atoms with Gasteiger partial charge < -0.3 is 10.2 Å². The maximum absolute atomic E-state index is 10.8. The molecule has 0 saturated heterocycles.